The van der Waals surface area contributed by atoms with Crippen LogP contribution in [0.1, 0.15) is 17.3 Å². The smallest absolute Gasteiger partial charge is 0.288 e. The van der Waals surface area contributed by atoms with Crippen molar-refractivity contribution in [3.05, 3.63) is 54.1 Å². The molecule has 0 saturated heterocycles. The first-order chi connectivity index (χ1) is 11.5. The summed E-state index contributed by atoms with van der Waals surface area (Å²) in [6.07, 6.45) is 0. The molecule has 0 aliphatic heterocycles. The molecule has 0 bridgehead atoms. The minimum atomic E-state index is -2.55. The molecule has 2 aromatic rings. The zero-order chi connectivity index (χ0) is 17.5. The highest BCUT2D eigenvalue weighted by molar-refractivity contribution is 7.99. The molecule has 24 heavy (non-hydrogen) atoms. The number of para-hydroxylation sites is 1. The average Bonchev–Trinajstić information content (AvgIpc) is 2.54. The summed E-state index contributed by atoms with van der Waals surface area (Å²) in [5, 5.41) is 5.52. The van der Waals surface area contributed by atoms with Gasteiger partial charge in [0.2, 0.25) is 5.91 Å². The number of carbonyl (C=O) groups is 2. The maximum Gasteiger partial charge on any atom is 0.288 e. The summed E-state index contributed by atoms with van der Waals surface area (Å²) in [6.45, 7) is 1.46. The molecule has 1 amide bonds. The quantitative estimate of drug-likeness (QED) is 0.579. The van der Waals surface area contributed by atoms with Crippen LogP contribution in [0.5, 0.6) is 0 Å². The van der Waals surface area contributed by atoms with E-state index in [1.165, 1.54) is 13.0 Å². The Morgan fingerprint density at radius 1 is 1.08 bits per heavy atom. The second kappa shape index (κ2) is 8.44. The number of hydrogen-bond donors (Lipinski definition) is 2. The first-order valence-corrected chi connectivity index (χ1v) is 8.02. The van der Waals surface area contributed by atoms with Gasteiger partial charge in [0.1, 0.15) is 0 Å². The van der Waals surface area contributed by atoms with Crippen LogP contribution in [0, 0.1) is 0 Å². The van der Waals surface area contributed by atoms with Crippen molar-refractivity contribution in [2.45, 2.75) is 17.6 Å². The lowest BCUT2D eigenvalue weighted by Crippen LogP contribution is -2.22. The highest BCUT2D eigenvalue weighted by Crippen LogP contribution is 2.31. The molecule has 0 aliphatic carbocycles. The van der Waals surface area contributed by atoms with E-state index in [1.807, 2.05) is 0 Å². The van der Waals surface area contributed by atoms with Crippen molar-refractivity contribution in [1.29, 1.82) is 0 Å². The summed E-state index contributed by atoms with van der Waals surface area (Å²) < 4.78 is 25.0. The molecule has 2 rings (SSSR count). The molecule has 0 heterocycles. The van der Waals surface area contributed by atoms with Crippen molar-refractivity contribution in [3.63, 3.8) is 0 Å². The second-order valence-corrected chi connectivity index (χ2v) is 5.94. The van der Waals surface area contributed by atoms with Crippen molar-refractivity contribution in [3.8, 4) is 0 Å². The Hall–Kier alpha value is -2.41. The predicted molar refractivity (Wildman–Crippen MR) is 91.9 cm³/mol. The van der Waals surface area contributed by atoms with Crippen molar-refractivity contribution in [2.24, 2.45) is 0 Å². The molecule has 0 saturated carbocycles. The van der Waals surface area contributed by atoms with Crippen LogP contribution in [0.3, 0.4) is 0 Å². The zero-order valence-electron chi connectivity index (χ0n) is 12.9. The van der Waals surface area contributed by atoms with E-state index < -0.39 is 5.76 Å². The van der Waals surface area contributed by atoms with Crippen molar-refractivity contribution >= 4 is 34.8 Å². The first kappa shape index (κ1) is 17.9. The van der Waals surface area contributed by atoms with Gasteiger partial charge in [0, 0.05) is 16.1 Å². The number of thioether (sulfide) groups is 1. The summed E-state index contributed by atoms with van der Waals surface area (Å²) >= 11 is 0.385. The minimum Gasteiger partial charge on any atom is -0.376 e. The molecule has 2 N–H and O–H groups in total. The Balaban J connectivity index is 1.93. The summed E-state index contributed by atoms with van der Waals surface area (Å²) in [6, 6.07) is 13.1. The van der Waals surface area contributed by atoms with Crippen LogP contribution in [0.4, 0.5) is 20.2 Å². The van der Waals surface area contributed by atoms with Crippen LogP contribution in [-0.2, 0) is 4.79 Å². The van der Waals surface area contributed by atoms with Gasteiger partial charge in [0.25, 0.3) is 5.76 Å². The van der Waals surface area contributed by atoms with Gasteiger partial charge in [-0.1, -0.05) is 23.9 Å². The van der Waals surface area contributed by atoms with Crippen LogP contribution in [-0.4, -0.2) is 24.0 Å². The second-order valence-electron chi connectivity index (χ2n) is 4.91. The molecule has 0 fully saturated rings. The summed E-state index contributed by atoms with van der Waals surface area (Å²) in [5.74, 6) is -2.94. The number of amides is 1. The van der Waals surface area contributed by atoms with Gasteiger partial charge >= 0.3 is 0 Å². The maximum absolute atomic E-state index is 12.5. The van der Waals surface area contributed by atoms with Crippen LogP contribution >= 0.6 is 11.8 Å². The van der Waals surface area contributed by atoms with Gasteiger partial charge in [0.15, 0.2) is 5.78 Å². The Morgan fingerprint density at radius 3 is 2.38 bits per heavy atom. The fraction of sp³-hybridized carbons (Fsp3) is 0.176. The third-order valence-electron chi connectivity index (χ3n) is 3.12. The van der Waals surface area contributed by atoms with E-state index in [1.54, 1.807) is 42.5 Å². The molecule has 0 atom stereocenters. The maximum atomic E-state index is 12.5. The Labute approximate surface area is 142 Å². The number of alkyl halides is 2. The number of ketones is 1. The van der Waals surface area contributed by atoms with Gasteiger partial charge in [-0.3, -0.25) is 9.59 Å². The lowest BCUT2D eigenvalue weighted by molar-refractivity contribution is -0.114. The summed E-state index contributed by atoms with van der Waals surface area (Å²) in [7, 11) is 0. The zero-order valence-corrected chi connectivity index (χ0v) is 13.7. The van der Waals surface area contributed by atoms with E-state index in [-0.39, 0.29) is 18.2 Å². The Kier molecular flexibility index (Phi) is 6.31. The van der Waals surface area contributed by atoms with Gasteiger partial charge in [-0.15, -0.1) is 0 Å². The average molecular weight is 350 g/mol. The van der Waals surface area contributed by atoms with E-state index in [0.717, 1.165) is 0 Å². The van der Waals surface area contributed by atoms with E-state index >= 15 is 0 Å². The van der Waals surface area contributed by atoms with Gasteiger partial charge in [-0.25, -0.2) is 0 Å². The number of rotatable bonds is 7. The molecule has 0 aromatic heterocycles. The topological polar surface area (TPSA) is 58.2 Å². The number of hydrogen-bond acceptors (Lipinski definition) is 4. The minimum absolute atomic E-state index is 0.0207. The highest BCUT2D eigenvalue weighted by Gasteiger charge is 2.11. The number of anilines is 2. The van der Waals surface area contributed by atoms with E-state index in [9.17, 15) is 18.4 Å². The standard InChI is InChI=1S/C17H16F2N2O2S/c1-11(22)12-6-8-13(9-7-12)20-10-16(23)21-14-4-2-3-5-15(14)24-17(18)19/h2-9,17,20H,10H2,1H3,(H,21,23). The van der Waals surface area contributed by atoms with Crippen LogP contribution < -0.4 is 10.6 Å². The molecule has 7 heteroatoms. The largest absolute Gasteiger partial charge is 0.376 e. The van der Waals surface area contributed by atoms with E-state index in [4.69, 9.17) is 0 Å². The van der Waals surface area contributed by atoms with Gasteiger partial charge in [0.05, 0.1) is 12.2 Å². The normalized spacial score (nSPS) is 10.5. The fourth-order valence-electron chi connectivity index (χ4n) is 1.97. The lowest BCUT2D eigenvalue weighted by atomic mass is 10.1. The Morgan fingerprint density at radius 2 is 1.75 bits per heavy atom. The molecule has 0 radical (unpaired) electrons. The van der Waals surface area contributed by atoms with Crippen LogP contribution in [0.15, 0.2) is 53.4 Å². The van der Waals surface area contributed by atoms with E-state index in [2.05, 4.69) is 10.6 Å². The molecule has 4 nitrogen and oxygen atoms in total. The molecule has 2 aromatic carbocycles. The Bertz CT molecular complexity index is 721. The number of carbonyl (C=O) groups excluding carboxylic acids is 2. The molecule has 0 spiro atoms. The van der Waals surface area contributed by atoms with Crippen LogP contribution in [0.2, 0.25) is 0 Å². The highest BCUT2D eigenvalue weighted by atomic mass is 32.2. The van der Waals surface area contributed by atoms with Crippen molar-refractivity contribution in [1.82, 2.24) is 0 Å². The van der Waals surface area contributed by atoms with E-state index in [0.29, 0.717) is 33.6 Å². The predicted octanol–water partition coefficient (Wildman–Crippen LogP) is 4.25. The number of nitrogens with one attached hydrogen (secondary N) is 2. The van der Waals surface area contributed by atoms with Gasteiger partial charge < -0.3 is 10.6 Å². The molecular formula is C17H16F2N2O2S. The van der Waals surface area contributed by atoms with Gasteiger partial charge in [-0.2, -0.15) is 8.78 Å². The monoisotopic (exact) mass is 350 g/mol. The summed E-state index contributed by atoms with van der Waals surface area (Å²) in [4.78, 5) is 23.5. The van der Waals surface area contributed by atoms with Gasteiger partial charge in [-0.05, 0) is 43.3 Å². The number of benzene rings is 2. The van der Waals surface area contributed by atoms with Crippen LogP contribution in [0.25, 0.3) is 0 Å². The van der Waals surface area contributed by atoms with Crippen molar-refractivity contribution in [2.75, 3.05) is 17.2 Å². The molecule has 126 valence electrons. The lowest BCUT2D eigenvalue weighted by Gasteiger charge is -2.11. The third-order valence-corrected chi connectivity index (χ3v) is 3.91. The fourth-order valence-corrected chi connectivity index (χ4v) is 2.56. The number of Topliss-reactive ketones (excluding diaryl/α,β-unsaturated/α-hetero) is 1. The summed E-state index contributed by atoms with van der Waals surface area (Å²) in [5.41, 5.74) is 1.62. The SMILES string of the molecule is CC(=O)c1ccc(NCC(=O)Nc2ccccc2SC(F)F)cc1. The first-order valence-electron chi connectivity index (χ1n) is 7.14. The third kappa shape index (κ3) is 5.34. The number of halogens is 2. The molecule has 0 aliphatic rings. The van der Waals surface area contributed by atoms with Crippen molar-refractivity contribution < 1.29 is 18.4 Å². The molecular weight excluding hydrogens is 334 g/mol. The molecule has 0 unspecified atom stereocenters.